The largest absolute Gasteiger partial charge is 0.387 e. The molecule has 0 fully saturated rings. The monoisotopic (exact) mass is 231 g/mol. The summed E-state index contributed by atoms with van der Waals surface area (Å²) in [6.07, 6.45) is 4.47. The van der Waals surface area contributed by atoms with Gasteiger partial charge in [0.15, 0.2) is 0 Å². The van der Waals surface area contributed by atoms with Crippen LogP contribution in [0.1, 0.15) is 30.8 Å². The lowest BCUT2D eigenvalue weighted by molar-refractivity contribution is 0.156. The van der Waals surface area contributed by atoms with Crippen LogP contribution in [-0.2, 0) is 13.0 Å². The average molecular weight is 231 g/mol. The molecule has 1 unspecified atom stereocenters. The van der Waals surface area contributed by atoms with Gasteiger partial charge in [-0.15, -0.1) is 0 Å². The number of pyridine rings is 1. The molecule has 0 radical (unpaired) electrons. The van der Waals surface area contributed by atoms with Crippen molar-refractivity contribution in [3.8, 4) is 0 Å². The lowest BCUT2D eigenvalue weighted by Crippen LogP contribution is -2.09. The molecule has 0 aliphatic carbocycles. The van der Waals surface area contributed by atoms with Gasteiger partial charge in [0.05, 0.1) is 11.8 Å². The second-order valence-corrected chi connectivity index (χ2v) is 3.95. The Morgan fingerprint density at radius 3 is 2.88 bits per heavy atom. The molecular weight excluding hydrogens is 214 g/mol. The number of rotatable bonds is 5. The lowest BCUT2D eigenvalue weighted by atomic mass is 10.1. The zero-order valence-electron chi connectivity index (χ0n) is 9.95. The van der Waals surface area contributed by atoms with Gasteiger partial charge in [-0.2, -0.15) is 5.10 Å². The van der Waals surface area contributed by atoms with Crippen LogP contribution in [0.4, 0.5) is 0 Å². The van der Waals surface area contributed by atoms with Crippen LogP contribution in [0.5, 0.6) is 0 Å². The van der Waals surface area contributed by atoms with Crippen molar-refractivity contribution in [2.45, 2.75) is 32.4 Å². The molecule has 2 aromatic heterocycles. The molecule has 0 aliphatic heterocycles. The fourth-order valence-electron chi connectivity index (χ4n) is 1.87. The first-order valence-electron chi connectivity index (χ1n) is 5.91. The molecule has 4 nitrogen and oxygen atoms in total. The molecule has 0 aromatic carbocycles. The van der Waals surface area contributed by atoms with Crippen LogP contribution < -0.4 is 0 Å². The first kappa shape index (κ1) is 11.8. The van der Waals surface area contributed by atoms with Gasteiger partial charge < -0.3 is 5.11 Å². The summed E-state index contributed by atoms with van der Waals surface area (Å²) >= 11 is 0. The summed E-state index contributed by atoms with van der Waals surface area (Å²) in [7, 11) is 0. The Kier molecular flexibility index (Phi) is 3.88. The standard InChI is InChI=1S/C13H17N3O/c1-2-16-12(8-10-15-16)13(17)7-6-11-5-3-4-9-14-11/h3-5,8-10,13,17H,2,6-7H2,1H3. The van der Waals surface area contributed by atoms with Crippen molar-refractivity contribution < 1.29 is 5.11 Å². The van der Waals surface area contributed by atoms with Gasteiger partial charge >= 0.3 is 0 Å². The molecule has 90 valence electrons. The third-order valence-electron chi connectivity index (χ3n) is 2.79. The van der Waals surface area contributed by atoms with Crippen LogP contribution in [0.15, 0.2) is 36.7 Å². The summed E-state index contributed by atoms with van der Waals surface area (Å²) in [5.74, 6) is 0. The second-order valence-electron chi connectivity index (χ2n) is 3.95. The second kappa shape index (κ2) is 5.59. The predicted octanol–water partition coefficient (Wildman–Crippen LogP) is 1.96. The van der Waals surface area contributed by atoms with E-state index in [2.05, 4.69) is 10.1 Å². The summed E-state index contributed by atoms with van der Waals surface area (Å²) in [5.41, 5.74) is 1.89. The summed E-state index contributed by atoms with van der Waals surface area (Å²) in [4.78, 5) is 4.24. The Morgan fingerprint density at radius 1 is 1.29 bits per heavy atom. The number of hydrogen-bond acceptors (Lipinski definition) is 3. The van der Waals surface area contributed by atoms with E-state index in [0.717, 1.165) is 24.4 Å². The Hall–Kier alpha value is -1.68. The number of aryl methyl sites for hydroxylation is 2. The maximum Gasteiger partial charge on any atom is 0.0960 e. The first-order chi connectivity index (χ1) is 8.31. The molecule has 0 saturated heterocycles. The molecule has 2 aromatic rings. The van der Waals surface area contributed by atoms with E-state index >= 15 is 0 Å². The molecule has 17 heavy (non-hydrogen) atoms. The Morgan fingerprint density at radius 2 is 2.18 bits per heavy atom. The van der Waals surface area contributed by atoms with Gasteiger partial charge in [-0.05, 0) is 38.0 Å². The topological polar surface area (TPSA) is 50.9 Å². The van der Waals surface area contributed by atoms with E-state index in [0.29, 0.717) is 6.42 Å². The van der Waals surface area contributed by atoms with E-state index in [9.17, 15) is 5.11 Å². The smallest absolute Gasteiger partial charge is 0.0960 e. The Balaban J connectivity index is 1.96. The van der Waals surface area contributed by atoms with Gasteiger partial charge in [0.2, 0.25) is 0 Å². The summed E-state index contributed by atoms with van der Waals surface area (Å²) in [6, 6.07) is 7.70. The number of aliphatic hydroxyl groups excluding tert-OH is 1. The minimum absolute atomic E-state index is 0.473. The van der Waals surface area contributed by atoms with Crippen LogP contribution in [0.2, 0.25) is 0 Å². The summed E-state index contributed by atoms with van der Waals surface area (Å²) in [5, 5.41) is 14.2. The van der Waals surface area contributed by atoms with Gasteiger partial charge in [-0.1, -0.05) is 6.07 Å². The molecule has 0 spiro atoms. The van der Waals surface area contributed by atoms with E-state index in [1.165, 1.54) is 0 Å². The van der Waals surface area contributed by atoms with E-state index in [1.807, 2.05) is 35.9 Å². The van der Waals surface area contributed by atoms with Crippen LogP contribution >= 0.6 is 0 Å². The molecule has 2 heterocycles. The molecule has 0 bridgehead atoms. The van der Waals surface area contributed by atoms with Crippen molar-refractivity contribution >= 4 is 0 Å². The number of nitrogens with zero attached hydrogens (tertiary/aromatic N) is 3. The molecule has 1 N–H and O–H groups in total. The van der Waals surface area contributed by atoms with Crippen molar-refractivity contribution in [1.82, 2.24) is 14.8 Å². The molecule has 2 rings (SSSR count). The van der Waals surface area contributed by atoms with Crippen molar-refractivity contribution in [2.24, 2.45) is 0 Å². The molecule has 0 saturated carbocycles. The van der Waals surface area contributed by atoms with Crippen LogP contribution in [0.3, 0.4) is 0 Å². The third-order valence-corrected chi connectivity index (χ3v) is 2.79. The maximum atomic E-state index is 10.1. The van der Waals surface area contributed by atoms with E-state index in [4.69, 9.17) is 0 Å². The Labute approximate surface area is 101 Å². The molecule has 0 amide bonds. The van der Waals surface area contributed by atoms with E-state index in [-0.39, 0.29) is 0 Å². The zero-order valence-corrected chi connectivity index (χ0v) is 9.95. The van der Waals surface area contributed by atoms with Gasteiger partial charge in [-0.3, -0.25) is 9.67 Å². The highest BCUT2D eigenvalue weighted by molar-refractivity contribution is 5.07. The van der Waals surface area contributed by atoms with Crippen LogP contribution in [0.25, 0.3) is 0 Å². The fourth-order valence-corrected chi connectivity index (χ4v) is 1.87. The fraction of sp³-hybridized carbons (Fsp3) is 0.385. The van der Waals surface area contributed by atoms with E-state index < -0.39 is 6.10 Å². The minimum Gasteiger partial charge on any atom is -0.387 e. The predicted molar refractivity (Wildman–Crippen MR) is 65.4 cm³/mol. The van der Waals surface area contributed by atoms with Gasteiger partial charge in [0, 0.05) is 24.6 Å². The van der Waals surface area contributed by atoms with Crippen molar-refractivity contribution in [3.05, 3.63) is 48.0 Å². The number of aliphatic hydroxyl groups is 1. The normalized spacial score (nSPS) is 12.6. The highest BCUT2D eigenvalue weighted by atomic mass is 16.3. The van der Waals surface area contributed by atoms with Gasteiger partial charge in [0.1, 0.15) is 0 Å². The first-order valence-corrected chi connectivity index (χ1v) is 5.91. The zero-order chi connectivity index (χ0) is 12.1. The molecule has 0 aliphatic rings. The lowest BCUT2D eigenvalue weighted by Gasteiger charge is -2.11. The number of hydrogen-bond donors (Lipinski definition) is 1. The quantitative estimate of drug-likeness (QED) is 0.855. The van der Waals surface area contributed by atoms with Crippen molar-refractivity contribution in [1.29, 1.82) is 0 Å². The number of aromatic nitrogens is 3. The third kappa shape index (κ3) is 2.91. The van der Waals surface area contributed by atoms with Crippen LogP contribution in [-0.4, -0.2) is 19.9 Å². The average Bonchev–Trinajstić information content (AvgIpc) is 2.85. The van der Waals surface area contributed by atoms with Gasteiger partial charge in [0.25, 0.3) is 0 Å². The SMILES string of the molecule is CCn1nccc1C(O)CCc1ccccn1. The maximum absolute atomic E-state index is 10.1. The highest BCUT2D eigenvalue weighted by Crippen LogP contribution is 2.17. The molecular formula is C13H17N3O. The molecule has 1 atom stereocenters. The van der Waals surface area contributed by atoms with Gasteiger partial charge in [-0.25, -0.2) is 0 Å². The van der Waals surface area contributed by atoms with Crippen molar-refractivity contribution in [3.63, 3.8) is 0 Å². The summed E-state index contributed by atoms with van der Waals surface area (Å²) in [6.45, 7) is 2.80. The Bertz CT molecular complexity index is 453. The van der Waals surface area contributed by atoms with Crippen LogP contribution in [0, 0.1) is 0 Å². The van der Waals surface area contributed by atoms with Crippen molar-refractivity contribution in [2.75, 3.05) is 0 Å². The minimum atomic E-state index is -0.473. The summed E-state index contributed by atoms with van der Waals surface area (Å²) < 4.78 is 1.82. The molecule has 4 heteroatoms. The highest BCUT2D eigenvalue weighted by Gasteiger charge is 2.12. The van der Waals surface area contributed by atoms with E-state index in [1.54, 1.807) is 12.4 Å².